The minimum Gasteiger partial charge on any atom is -0.469 e. The molecule has 0 aliphatic heterocycles. The van der Waals surface area contributed by atoms with Gasteiger partial charge in [0.25, 0.3) is 0 Å². The van der Waals surface area contributed by atoms with Crippen LogP contribution >= 0.6 is 0 Å². The lowest BCUT2D eigenvalue weighted by atomic mass is 10.1. The van der Waals surface area contributed by atoms with E-state index >= 15 is 0 Å². The van der Waals surface area contributed by atoms with Gasteiger partial charge < -0.3 is 14.5 Å². The average molecular weight is 253 g/mol. The largest absolute Gasteiger partial charge is 0.469 e. The van der Waals surface area contributed by atoms with Crippen molar-refractivity contribution >= 4 is 11.9 Å². The van der Waals surface area contributed by atoms with Gasteiger partial charge >= 0.3 is 6.09 Å². The Labute approximate surface area is 106 Å². The molecule has 1 atom stereocenters. The molecule has 1 aromatic rings. The molecule has 0 radical (unpaired) electrons. The van der Waals surface area contributed by atoms with Gasteiger partial charge in [-0.2, -0.15) is 0 Å². The highest BCUT2D eigenvalue weighted by molar-refractivity contribution is 5.88. The fourth-order valence-corrected chi connectivity index (χ4v) is 1.30. The molecule has 0 saturated heterocycles. The molecule has 1 aromatic heterocycles. The third-order valence-electron chi connectivity index (χ3n) is 2.14. The number of ketones is 1. The highest BCUT2D eigenvalue weighted by atomic mass is 16.6. The monoisotopic (exact) mass is 253 g/mol. The molecule has 0 bridgehead atoms. The smallest absolute Gasteiger partial charge is 0.408 e. The molecular formula is C13H19NO4. The van der Waals surface area contributed by atoms with Crippen LogP contribution < -0.4 is 5.32 Å². The summed E-state index contributed by atoms with van der Waals surface area (Å²) in [5.41, 5.74) is -0.576. The molecular weight excluding hydrogens is 234 g/mol. The topological polar surface area (TPSA) is 68.5 Å². The van der Waals surface area contributed by atoms with Crippen LogP contribution in [0, 0.1) is 0 Å². The first-order chi connectivity index (χ1) is 8.28. The van der Waals surface area contributed by atoms with E-state index in [1.54, 1.807) is 39.8 Å². The number of ether oxygens (including phenoxy) is 1. The second kappa shape index (κ2) is 5.71. The molecule has 5 heteroatoms. The maximum Gasteiger partial charge on any atom is 0.408 e. The number of rotatable bonds is 4. The van der Waals surface area contributed by atoms with Crippen LogP contribution in [0.3, 0.4) is 0 Å². The minimum absolute atomic E-state index is 0.129. The molecule has 100 valence electrons. The number of Topliss-reactive ketones (excluding diaryl/α,β-unsaturated/α-hetero) is 1. The van der Waals surface area contributed by atoms with Gasteiger partial charge in [-0.1, -0.05) is 0 Å². The zero-order chi connectivity index (χ0) is 13.8. The highest BCUT2D eigenvalue weighted by Crippen LogP contribution is 2.07. The van der Waals surface area contributed by atoms with E-state index in [-0.39, 0.29) is 12.2 Å². The fraction of sp³-hybridized carbons (Fsp3) is 0.538. The predicted octanol–water partition coefficient (Wildman–Crippen LogP) is 2.30. The molecule has 18 heavy (non-hydrogen) atoms. The van der Waals surface area contributed by atoms with Crippen molar-refractivity contribution in [1.82, 2.24) is 5.32 Å². The van der Waals surface area contributed by atoms with Crippen LogP contribution in [0.1, 0.15) is 33.5 Å². The molecule has 0 aliphatic rings. The van der Waals surface area contributed by atoms with E-state index in [2.05, 4.69) is 5.32 Å². The molecule has 0 aromatic carbocycles. The molecule has 0 fully saturated rings. The van der Waals surface area contributed by atoms with E-state index in [1.807, 2.05) is 0 Å². The van der Waals surface area contributed by atoms with Gasteiger partial charge in [0.1, 0.15) is 11.4 Å². The summed E-state index contributed by atoms with van der Waals surface area (Å²) in [6.45, 7) is 6.92. The third-order valence-corrected chi connectivity index (χ3v) is 2.14. The summed E-state index contributed by atoms with van der Waals surface area (Å²) >= 11 is 0. The van der Waals surface area contributed by atoms with Crippen molar-refractivity contribution in [3.8, 4) is 0 Å². The second-order valence-electron chi connectivity index (χ2n) is 5.09. The molecule has 1 amide bonds. The quantitative estimate of drug-likeness (QED) is 0.894. The van der Waals surface area contributed by atoms with Crippen LogP contribution in [0.15, 0.2) is 22.8 Å². The summed E-state index contributed by atoms with van der Waals surface area (Å²) in [5.74, 6) is 0.452. The minimum atomic E-state index is -0.607. The Balaban J connectivity index is 2.42. The van der Waals surface area contributed by atoms with Crippen molar-refractivity contribution in [2.24, 2.45) is 0 Å². The van der Waals surface area contributed by atoms with Crippen molar-refractivity contribution < 1.29 is 18.7 Å². The van der Waals surface area contributed by atoms with Crippen LogP contribution in [0.25, 0.3) is 0 Å². The van der Waals surface area contributed by atoms with Gasteiger partial charge in [-0.3, -0.25) is 4.79 Å². The number of furan rings is 1. The van der Waals surface area contributed by atoms with E-state index in [0.717, 1.165) is 0 Å². The van der Waals surface area contributed by atoms with Gasteiger partial charge in [-0.15, -0.1) is 0 Å². The van der Waals surface area contributed by atoms with Gasteiger partial charge in [0, 0.05) is 0 Å². The zero-order valence-corrected chi connectivity index (χ0v) is 11.1. The van der Waals surface area contributed by atoms with Crippen molar-refractivity contribution in [2.45, 2.75) is 45.8 Å². The van der Waals surface area contributed by atoms with Gasteiger partial charge in [0.05, 0.1) is 18.7 Å². The maximum absolute atomic E-state index is 11.8. The number of carbonyl (C=O) groups is 2. The number of amides is 1. The summed E-state index contributed by atoms with van der Waals surface area (Å²) in [5, 5.41) is 2.50. The summed E-state index contributed by atoms with van der Waals surface area (Å²) < 4.78 is 10.1. The van der Waals surface area contributed by atoms with Crippen LogP contribution in [0.2, 0.25) is 0 Å². The molecule has 0 saturated carbocycles. The highest BCUT2D eigenvalue weighted by Gasteiger charge is 2.21. The maximum atomic E-state index is 11.8. The summed E-state index contributed by atoms with van der Waals surface area (Å²) in [6.07, 6.45) is 1.07. The van der Waals surface area contributed by atoms with Gasteiger partial charge in [-0.25, -0.2) is 4.79 Å². The fourth-order valence-electron chi connectivity index (χ4n) is 1.30. The van der Waals surface area contributed by atoms with Crippen molar-refractivity contribution in [3.63, 3.8) is 0 Å². The Bertz CT molecular complexity index is 403. The molecule has 1 rings (SSSR count). The number of carbonyl (C=O) groups excluding carboxylic acids is 2. The first kappa shape index (κ1) is 14.3. The number of nitrogens with one attached hydrogen (secondary N) is 1. The van der Waals surface area contributed by atoms with Gasteiger partial charge in [-0.05, 0) is 39.8 Å². The van der Waals surface area contributed by atoms with Crippen molar-refractivity contribution in [2.75, 3.05) is 0 Å². The first-order valence-electron chi connectivity index (χ1n) is 5.82. The first-order valence-corrected chi connectivity index (χ1v) is 5.82. The molecule has 1 heterocycles. The molecule has 0 unspecified atom stereocenters. The van der Waals surface area contributed by atoms with Crippen LogP contribution in [0.5, 0.6) is 0 Å². The van der Waals surface area contributed by atoms with E-state index in [9.17, 15) is 9.59 Å². The number of hydrogen-bond donors (Lipinski definition) is 1. The lowest BCUT2D eigenvalue weighted by molar-refractivity contribution is -0.120. The van der Waals surface area contributed by atoms with Crippen LogP contribution in [0.4, 0.5) is 4.79 Å². The summed E-state index contributed by atoms with van der Waals surface area (Å²) in [7, 11) is 0. The Hall–Kier alpha value is -1.78. The molecule has 5 nitrogen and oxygen atoms in total. The molecule has 0 aliphatic carbocycles. The van der Waals surface area contributed by atoms with Gasteiger partial charge in [0.15, 0.2) is 5.78 Å². The number of alkyl carbamates (subject to hydrolysis) is 1. The van der Waals surface area contributed by atoms with E-state index in [0.29, 0.717) is 5.76 Å². The van der Waals surface area contributed by atoms with E-state index < -0.39 is 17.7 Å². The van der Waals surface area contributed by atoms with Crippen LogP contribution in [-0.2, 0) is 16.0 Å². The lowest BCUT2D eigenvalue weighted by Crippen LogP contribution is -2.42. The Morgan fingerprint density at radius 2 is 2.11 bits per heavy atom. The zero-order valence-electron chi connectivity index (χ0n) is 11.1. The van der Waals surface area contributed by atoms with Gasteiger partial charge in [0.2, 0.25) is 0 Å². The van der Waals surface area contributed by atoms with E-state index in [4.69, 9.17) is 9.15 Å². The molecule has 1 N–H and O–H groups in total. The number of hydrogen-bond acceptors (Lipinski definition) is 4. The van der Waals surface area contributed by atoms with Crippen molar-refractivity contribution in [3.05, 3.63) is 24.2 Å². The van der Waals surface area contributed by atoms with Crippen LogP contribution in [-0.4, -0.2) is 23.5 Å². The predicted molar refractivity (Wildman–Crippen MR) is 66.3 cm³/mol. The SMILES string of the molecule is C[C@H](NC(=O)OC(C)(C)C)C(=O)Cc1ccco1. The van der Waals surface area contributed by atoms with Crippen molar-refractivity contribution in [1.29, 1.82) is 0 Å². The lowest BCUT2D eigenvalue weighted by Gasteiger charge is -2.21. The Morgan fingerprint density at radius 1 is 1.44 bits per heavy atom. The average Bonchev–Trinajstić information content (AvgIpc) is 2.66. The third kappa shape index (κ3) is 5.03. The van der Waals surface area contributed by atoms with E-state index in [1.165, 1.54) is 6.26 Å². The normalized spacial score (nSPS) is 12.9. The second-order valence-corrected chi connectivity index (χ2v) is 5.09. The summed E-state index contributed by atoms with van der Waals surface area (Å²) in [6, 6.07) is 2.83. The molecule has 0 spiro atoms. The Morgan fingerprint density at radius 3 is 2.61 bits per heavy atom. The standard InChI is InChI=1S/C13H19NO4/c1-9(14-12(16)18-13(2,3)4)11(15)8-10-6-5-7-17-10/h5-7,9H,8H2,1-4H3,(H,14,16)/t9-/m0/s1. The summed E-state index contributed by atoms with van der Waals surface area (Å²) in [4.78, 5) is 23.2. The Kier molecular flexibility index (Phi) is 4.53.